The summed E-state index contributed by atoms with van der Waals surface area (Å²) in [5.74, 6) is 0.113. The normalized spacial score (nSPS) is 12.5. The highest BCUT2D eigenvalue weighted by atomic mass is 19.4. The van der Waals surface area contributed by atoms with Gasteiger partial charge in [-0.25, -0.2) is 9.97 Å². The molecule has 21 heavy (non-hydrogen) atoms. The van der Waals surface area contributed by atoms with Crippen molar-refractivity contribution in [3.63, 3.8) is 0 Å². The predicted molar refractivity (Wildman–Crippen MR) is 75.9 cm³/mol. The molecule has 0 saturated heterocycles. The number of aromatic nitrogens is 3. The Morgan fingerprint density at radius 1 is 1.24 bits per heavy atom. The van der Waals surface area contributed by atoms with E-state index in [1.807, 2.05) is 20.8 Å². The molecule has 0 aliphatic heterocycles. The van der Waals surface area contributed by atoms with Crippen LogP contribution in [0, 0.1) is 6.92 Å². The number of anilines is 1. The van der Waals surface area contributed by atoms with Crippen molar-refractivity contribution in [2.45, 2.75) is 33.0 Å². The van der Waals surface area contributed by atoms with E-state index in [-0.39, 0.29) is 5.95 Å². The van der Waals surface area contributed by atoms with Gasteiger partial charge in [-0.05, 0) is 12.5 Å². The number of fused-ring (bicyclic) bond motifs is 1. The zero-order valence-corrected chi connectivity index (χ0v) is 12.1. The van der Waals surface area contributed by atoms with Gasteiger partial charge in [0.25, 0.3) is 0 Å². The Kier molecular flexibility index (Phi) is 5.83. The van der Waals surface area contributed by atoms with E-state index in [1.165, 1.54) is 6.20 Å². The molecule has 5 nitrogen and oxygen atoms in total. The first kappa shape index (κ1) is 17.1. The molecule has 1 atom stereocenters. The molecule has 0 bridgehead atoms. The average molecular weight is 301 g/mol. The van der Waals surface area contributed by atoms with Gasteiger partial charge in [-0.3, -0.25) is 4.98 Å². The lowest BCUT2D eigenvalue weighted by Gasteiger charge is -2.16. The Morgan fingerprint density at radius 2 is 1.90 bits per heavy atom. The second-order valence-electron chi connectivity index (χ2n) is 4.12. The zero-order valence-electron chi connectivity index (χ0n) is 12.1. The standard InChI is InChI=1S/C11H12F3N5.C2H6/c1-6-2-16-3-7-4-17-10(19-9(6)7)18-5-8(15)11(12,13)14;1-2/h2-4,8H,5,15H2,1H3,(H,17,18,19);1-2H3. The topological polar surface area (TPSA) is 76.7 Å². The Labute approximate surface area is 120 Å². The van der Waals surface area contributed by atoms with Gasteiger partial charge in [0.15, 0.2) is 0 Å². The Morgan fingerprint density at radius 3 is 2.52 bits per heavy atom. The van der Waals surface area contributed by atoms with Crippen LogP contribution in [0.2, 0.25) is 0 Å². The predicted octanol–water partition coefficient (Wildman–Crippen LogP) is 2.66. The van der Waals surface area contributed by atoms with Gasteiger partial charge in [0.1, 0.15) is 6.04 Å². The third-order valence-electron chi connectivity index (χ3n) is 2.57. The van der Waals surface area contributed by atoms with Crippen LogP contribution in [-0.4, -0.2) is 33.7 Å². The molecule has 116 valence electrons. The van der Waals surface area contributed by atoms with Crippen LogP contribution in [0.5, 0.6) is 0 Å². The number of nitrogens with zero attached hydrogens (tertiary/aromatic N) is 3. The van der Waals surface area contributed by atoms with Crippen LogP contribution in [0.1, 0.15) is 19.4 Å². The lowest BCUT2D eigenvalue weighted by atomic mass is 10.2. The van der Waals surface area contributed by atoms with Gasteiger partial charge in [-0.15, -0.1) is 0 Å². The van der Waals surface area contributed by atoms with Crippen LogP contribution >= 0.6 is 0 Å². The number of pyridine rings is 1. The number of nitrogens with two attached hydrogens (primary N) is 1. The molecule has 3 N–H and O–H groups in total. The lowest BCUT2D eigenvalue weighted by molar-refractivity contribution is -0.144. The second kappa shape index (κ2) is 7.16. The molecule has 0 saturated carbocycles. The van der Waals surface area contributed by atoms with Gasteiger partial charge in [-0.2, -0.15) is 13.2 Å². The molecule has 2 aromatic heterocycles. The summed E-state index contributed by atoms with van der Waals surface area (Å²) in [6.07, 6.45) is 0.279. The van der Waals surface area contributed by atoms with Crippen molar-refractivity contribution in [3.8, 4) is 0 Å². The van der Waals surface area contributed by atoms with E-state index in [4.69, 9.17) is 5.73 Å². The SMILES string of the molecule is CC.Cc1cncc2cnc(NCC(N)C(F)(F)F)nc12. The van der Waals surface area contributed by atoms with E-state index in [0.29, 0.717) is 5.52 Å². The molecule has 0 radical (unpaired) electrons. The van der Waals surface area contributed by atoms with Gasteiger partial charge in [-0.1, -0.05) is 13.8 Å². The molecule has 2 heterocycles. The fraction of sp³-hybridized carbons (Fsp3) is 0.462. The van der Waals surface area contributed by atoms with Crippen molar-refractivity contribution in [3.05, 3.63) is 24.2 Å². The summed E-state index contributed by atoms with van der Waals surface area (Å²) in [5.41, 5.74) is 6.46. The molecular weight excluding hydrogens is 283 g/mol. The smallest absolute Gasteiger partial charge is 0.352 e. The number of nitrogens with one attached hydrogen (secondary N) is 1. The number of rotatable bonds is 3. The Bertz CT molecular complexity index is 586. The van der Waals surface area contributed by atoms with Crippen molar-refractivity contribution in [1.29, 1.82) is 0 Å². The van der Waals surface area contributed by atoms with E-state index in [1.54, 1.807) is 12.4 Å². The van der Waals surface area contributed by atoms with Gasteiger partial charge < -0.3 is 11.1 Å². The minimum Gasteiger partial charge on any atom is -0.352 e. The summed E-state index contributed by atoms with van der Waals surface area (Å²) >= 11 is 0. The van der Waals surface area contributed by atoms with Crippen LogP contribution in [-0.2, 0) is 0 Å². The minimum absolute atomic E-state index is 0.113. The van der Waals surface area contributed by atoms with E-state index in [0.717, 1.165) is 10.9 Å². The molecule has 0 aliphatic carbocycles. The Hall–Kier alpha value is -1.96. The first-order chi connectivity index (χ1) is 9.88. The highest BCUT2D eigenvalue weighted by Crippen LogP contribution is 2.19. The van der Waals surface area contributed by atoms with Crippen molar-refractivity contribution in [1.82, 2.24) is 15.0 Å². The monoisotopic (exact) mass is 301 g/mol. The van der Waals surface area contributed by atoms with Gasteiger partial charge in [0, 0.05) is 30.5 Å². The van der Waals surface area contributed by atoms with Gasteiger partial charge >= 0.3 is 6.18 Å². The number of halogens is 3. The van der Waals surface area contributed by atoms with Crippen molar-refractivity contribution in [2.75, 3.05) is 11.9 Å². The maximum atomic E-state index is 12.3. The molecular formula is C13H18F3N5. The largest absolute Gasteiger partial charge is 0.405 e. The zero-order chi connectivity index (χ0) is 16.0. The lowest BCUT2D eigenvalue weighted by Crippen LogP contribution is -2.43. The molecule has 2 aromatic rings. The molecule has 8 heteroatoms. The minimum atomic E-state index is -4.44. The summed E-state index contributed by atoms with van der Waals surface area (Å²) in [7, 11) is 0. The van der Waals surface area contributed by atoms with E-state index >= 15 is 0 Å². The third-order valence-corrected chi connectivity index (χ3v) is 2.57. The highest BCUT2D eigenvalue weighted by Gasteiger charge is 2.36. The summed E-state index contributed by atoms with van der Waals surface area (Å²) in [4.78, 5) is 12.0. The highest BCUT2D eigenvalue weighted by molar-refractivity contribution is 5.80. The molecule has 0 aromatic carbocycles. The molecule has 0 aliphatic rings. The number of alkyl halides is 3. The summed E-state index contributed by atoms with van der Waals surface area (Å²) in [6, 6.07) is -1.95. The first-order valence-corrected chi connectivity index (χ1v) is 6.51. The second-order valence-corrected chi connectivity index (χ2v) is 4.12. The molecule has 2 rings (SSSR count). The first-order valence-electron chi connectivity index (χ1n) is 6.51. The van der Waals surface area contributed by atoms with Crippen LogP contribution in [0.4, 0.5) is 19.1 Å². The number of aryl methyl sites for hydroxylation is 1. The van der Waals surface area contributed by atoms with E-state index in [2.05, 4.69) is 20.3 Å². The van der Waals surface area contributed by atoms with Crippen LogP contribution in [0.3, 0.4) is 0 Å². The van der Waals surface area contributed by atoms with Gasteiger partial charge in [0.05, 0.1) is 5.52 Å². The number of hydrogen-bond acceptors (Lipinski definition) is 5. The van der Waals surface area contributed by atoms with Crippen molar-refractivity contribution < 1.29 is 13.2 Å². The molecule has 0 spiro atoms. The maximum Gasteiger partial charge on any atom is 0.405 e. The summed E-state index contributed by atoms with van der Waals surface area (Å²) in [5, 5.41) is 3.21. The van der Waals surface area contributed by atoms with E-state index < -0.39 is 18.8 Å². The van der Waals surface area contributed by atoms with Crippen molar-refractivity contribution >= 4 is 16.9 Å². The average Bonchev–Trinajstić information content (AvgIpc) is 2.46. The Balaban J connectivity index is 0.00000106. The van der Waals surface area contributed by atoms with Crippen LogP contribution in [0.15, 0.2) is 18.6 Å². The molecule has 1 unspecified atom stereocenters. The number of hydrogen-bond donors (Lipinski definition) is 2. The van der Waals surface area contributed by atoms with Crippen LogP contribution in [0.25, 0.3) is 10.9 Å². The molecule has 0 fully saturated rings. The quantitative estimate of drug-likeness (QED) is 0.911. The summed E-state index contributed by atoms with van der Waals surface area (Å²) in [6.45, 7) is 5.34. The third kappa shape index (κ3) is 4.52. The van der Waals surface area contributed by atoms with E-state index in [9.17, 15) is 13.2 Å². The molecule has 0 amide bonds. The fourth-order valence-electron chi connectivity index (χ4n) is 1.49. The van der Waals surface area contributed by atoms with Gasteiger partial charge in [0.2, 0.25) is 5.95 Å². The van der Waals surface area contributed by atoms with Crippen molar-refractivity contribution in [2.24, 2.45) is 5.73 Å². The summed E-state index contributed by atoms with van der Waals surface area (Å²) < 4.78 is 36.8. The maximum absolute atomic E-state index is 12.3. The fourth-order valence-corrected chi connectivity index (χ4v) is 1.49. The van der Waals surface area contributed by atoms with Crippen LogP contribution < -0.4 is 11.1 Å².